The molecule has 0 bridgehead atoms. The van der Waals surface area contributed by atoms with Gasteiger partial charge in [-0.05, 0) is 35.9 Å². The van der Waals surface area contributed by atoms with Crippen LogP contribution in [0.5, 0.6) is 0 Å². The van der Waals surface area contributed by atoms with Crippen molar-refractivity contribution in [1.29, 1.82) is 0 Å². The van der Waals surface area contributed by atoms with E-state index in [4.69, 9.17) is 0 Å². The maximum Gasteiger partial charge on any atom is 0.261 e. The number of hydrogen-bond acceptors (Lipinski definition) is 3. The van der Waals surface area contributed by atoms with Crippen molar-refractivity contribution in [2.45, 2.75) is 6.54 Å². The SMILES string of the molecule is C=CCN1C(=O)c2ccc(C(=O)N(C)Cc3ccc(Br)cc3)cc2C1=O. The van der Waals surface area contributed by atoms with E-state index in [-0.39, 0.29) is 23.9 Å². The normalized spacial score (nSPS) is 12.9. The monoisotopic (exact) mass is 412 g/mol. The van der Waals surface area contributed by atoms with Gasteiger partial charge in [-0.1, -0.05) is 34.1 Å². The average molecular weight is 413 g/mol. The molecular weight excluding hydrogens is 396 g/mol. The summed E-state index contributed by atoms with van der Waals surface area (Å²) in [5.74, 6) is -0.958. The predicted octanol–water partition coefficient (Wildman–Crippen LogP) is 3.50. The summed E-state index contributed by atoms with van der Waals surface area (Å²) in [5.41, 5.74) is 1.96. The van der Waals surface area contributed by atoms with Gasteiger partial charge in [0.25, 0.3) is 17.7 Å². The third-order valence-corrected chi connectivity index (χ3v) is 4.74. The van der Waals surface area contributed by atoms with Crippen molar-refractivity contribution in [1.82, 2.24) is 9.80 Å². The lowest BCUT2D eigenvalue weighted by Crippen LogP contribution is -2.29. The number of carbonyl (C=O) groups is 3. The number of amides is 3. The van der Waals surface area contributed by atoms with E-state index in [0.29, 0.717) is 17.7 Å². The molecule has 2 aromatic rings. The number of rotatable bonds is 5. The molecule has 1 heterocycles. The third kappa shape index (κ3) is 3.32. The lowest BCUT2D eigenvalue weighted by Gasteiger charge is -2.17. The van der Waals surface area contributed by atoms with E-state index < -0.39 is 5.91 Å². The van der Waals surface area contributed by atoms with Crippen LogP contribution in [0.4, 0.5) is 0 Å². The number of fused-ring (bicyclic) bond motifs is 1. The summed E-state index contributed by atoms with van der Waals surface area (Å²) < 4.78 is 0.973. The Hall–Kier alpha value is -2.73. The fourth-order valence-electron chi connectivity index (χ4n) is 2.87. The second kappa shape index (κ2) is 7.25. The summed E-state index contributed by atoms with van der Waals surface area (Å²) in [6.45, 7) is 4.16. The van der Waals surface area contributed by atoms with Crippen molar-refractivity contribution in [3.8, 4) is 0 Å². The fraction of sp³-hybridized carbons (Fsp3) is 0.150. The topological polar surface area (TPSA) is 57.7 Å². The van der Waals surface area contributed by atoms with E-state index in [1.54, 1.807) is 24.1 Å². The zero-order chi connectivity index (χ0) is 18.8. The quantitative estimate of drug-likeness (QED) is 0.557. The van der Waals surface area contributed by atoms with Gasteiger partial charge >= 0.3 is 0 Å². The van der Waals surface area contributed by atoms with Crippen LogP contribution < -0.4 is 0 Å². The molecule has 0 fully saturated rings. The first-order chi connectivity index (χ1) is 12.4. The van der Waals surface area contributed by atoms with Gasteiger partial charge in [0.1, 0.15) is 0 Å². The second-order valence-corrected chi connectivity index (χ2v) is 6.97. The van der Waals surface area contributed by atoms with Crippen LogP contribution >= 0.6 is 15.9 Å². The number of imide groups is 1. The molecule has 0 N–H and O–H groups in total. The molecule has 0 spiro atoms. The Kier molecular flexibility index (Phi) is 5.04. The predicted molar refractivity (Wildman–Crippen MR) is 102 cm³/mol. The summed E-state index contributed by atoms with van der Waals surface area (Å²) in [7, 11) is 1.70. The molecule has 0 atom stereocenters. The Labute approximate surface area is 160 Å². The minimum atomic E-state index is -0.393. The highest BCUT2D eigenvalue weighted by atomic mass is 79.9. The van der Waals surface area contributed by atoms with Crippen LogP contribution in [-0.2, 0) is 6.54 Å². The maximum atomic E-state index is 12.7. The lowest BCUT2D eigenvalue weighted by atomic mass is 10.0. The van der Waals surface area contributed by atoms with E-state index >= 15 is 0 Å². The second-order valence-electron chi connectivity index (χ2n) is 6.06. The van der Waals surface area contributed by atoms with Gasteiger partial charge < -0.3 is 4.90 Å². The van der Waals surface area contributed by atoms with Gasteiger partial charge in [0.15, 0.2) is 0 Å². The van der Waals surface area contributed by atoms with Crippen molar-refractivity contribution in [3.05, 3.63) is 81.8 Å². The molecule has 0 aliphatic carbocycles. The van der Waals surface area contributed by atoms with Crippen LogP contribution in [-0.4, -0.2) is 41.1 Å². The highest BCUT2D eigenvalue weighted by Gasteiger charge is 2.35. The third-order valence-electron chi connectivity index (χ3n) is 4.21. The van der Waals surface area contributed by atoms with Crippen LogP contribution in [0.3, 0.4) is 0 Å². The van der Waals surface area contributed by atoms with Crippen LogP contribution in [0.1, 0.15) is 36.6 Å². The van der Waals surface area contributed by atoms with Crippen LogP contribution in [0, 0.1) is 0 Å². The molecule has 0 saturated heterocycles. The molecule has 0 aromatic heterocycles. The zero-order valence-corrected chi connectivity index (χ0v) is 15.8. The summed E-state index contributed by atoms with van der Waals surface area (Å²) in [5, 5.41) is 0. The van der Waals surface area contributed by atoms with Crippen molar-refractivity contribution in [2.75, 3.05) is 13.6 Å². The Balaban J connectivity index is 1.81. The molecule has 132 valence electrons. The van der Waals surface area contributed by atoms with Crippen LogP contribution in [0.15, 0.2) is 59.6 Å². The number of halogens is 1. The van der Waals surface area contributed by atoms with Crippen LogP contribution in [0.2, 0.25) is 0 Å². The largest absolute Gasteiger partial charge is 0.337 e. The van der Waals surface area contributed by atoms with Gasteiger partial charge in [-0.3, -0.25) is 19.3 Å². The molecule has 1 aliphatic rings. The number of hydrogen-bond donors (Lipinski definition) is 0. The summed E-state index contributed by atoms with van der Waals surface area (Å²) in [6.07, 6.45) is 1.50. The standard InChI is InChI=1S/C20H17BrN2O3/c1-3-10-23-19(25)16-9-6-14(11-17(16)20(23)26)18(24)22(2)12-13-4-7-15(21)8-5-13/h3-9,11H,1,10,12H2,2H3. The van der Waals surface area contributed by atoms with Gasteiger partial charge in [-0.2, -0.15) is 0 Å². The number of carbonyl (C=O) groups excluding carboxylic acids is 3. The number of nitrogens with zero attached hydrogens (tertiary/aromatic N) is 2. The minimum absolute atomic E-state index is 0.152. The molecule has 1 aliphatic heterocycles. The smallest absolute Gasteiger partial charge is 0.261 e. The van der Waals surface area contributed by atoms with E-state index in [0.717, 1.165) is 14.9 Å². The van der Waals surface area contributed by atoms with Crippen molar-refractivity contribution in [2.24, 2.45) is 0 Å². The summed E-state index contributed by atoms with van der Waals surface area (Å²) in [6, 6.07) is 12.3. The first kappa shape index (κ1) is 18.1. The highest BCUT2D eigenvalue weighted by Crippen LogP contribution is 2.24. The molecule has 3 amide bonds. The molecule has 0 unspecified atom stereocenters. The molecule has 2 aromatic carbocycles. The molecule has 26 heavy (non-hydrogen) atoms. The summed E-state index contributed by atoms with van der Waals surface area (Å²) in [4.78, 5) is 40.0. The Morgan fingerprint density at radius 2 is 1.77 bits per heavy atom. The number of benzene rings is 2. The van der Waals surface area contributed by atoms with Gasteiger partial charge in [-0.25, -0.2) is 0 Å². The molecular formula is C20H17BrN2O3. The molecule has 5 nitrogen and oxygen atoms in total. The summed E-state index contributed by atoms with van der Waals surface area (Å²) >= 11 is 3.38. The molecule has 0 radical (unpaired) electrons. The van der Waals surface area contributed by atoms with Crippen molar-refractivity contribution in [3.63, 3.8) is 0 Å². The molecule has 0 saturated carbocycles. The van der Waals surface area contributed by atoms with Crippen molar-refractivity contribution < 1.29 is 14.4 Å². The van der Waals surface area contributed by atoms with Gasteiger partial charge in [0.2, 0.25) is 0 Å². The van der Waals surface area contributed by atoms with Gasteiger partial charge in [0.05, 0.1) is 11.1 Å². The Morgan fingerprint density at radius 1 is 1.12 bits per heavy atom. The van der Waals surface area contributed by atoms with Gasteiger partial charge in [0, 0.05) is 30.2 Å². The molecule has 6 heteroatoms. The fourth-order valence-corrected chi connectivity index (χ4v) is 3.14. The van der Waals surface area contributed by atoms with Gasteiger partial charge in [-0.15, -0.1) is 6.58 Å². The first-order valence-corrected chi connectivity index (χ1v) is 8.82. The Morgan fingerprint density at radius 3 is 2.42 bits per heavy atom. The van der Waals surface area contributed by atoms with Crippen LogP contribution in [0.25, 0.3) is 0 Å². The van der Waals surface area contributed by atoms with E-state index in [1.165, 1.54) is 12.1 Å². The van der Waals surface area contributed by atoms with Crippen molar-refractivity contribution >= 4 is 33.7 Å². The highest BCUT2D eigenvalue weighted by molar-refractivity contribution is 9.10. The zero-order valence-electron chi connectivity index (χ0n) is 14.2. The first-order valence-electron chi connectivity index (χ1n) is 8.03. The lowest BCUT2D eigenvalue weighted by molar-refractivity contribution is 0.0671. The van der Waals surface area contributed by atoms with E-state index in [2.05, 4.69) is 22.5 Å². The average Bonchev–Trinajstić information content (AvgIpc) is 2.88. The van der Waals surface area contributed by atoms with E-state index in [9.17, 15) is 14.4 Å². The van der Waals surface area contributed by atoms with E-state index in [1.807, 2.05) is 24.3 Å². The minimum Gasteiger partial charge on any atom is -0.337 e. The molecule has 3 rings (SSSR count). The Bertz CT molecular complexity index is 906. The maximum absolute atomic E-state index is 12.7.